The van der Waals surface area contributed by atoms with Gasteiger partial charge in [0.05, 0.1) is 11.3 Å². The van der Waals surface area contributed by atoms with Gasteiger partial charge in [0.15, 0.2) is 0 Å². The van der Waals surface area contributed by atoms with Crippen LogP contribution in [0, 0.1) is 0 Å². The van der Waals surface area contributed by atoms with E-state index in [4.69, 9.17) is 4.84 Å². The van der Waals surface area contributed by atoms with E-state index in [0.29, 0.717) is 18.2 Å². The van der Waals surface area contributed by atoms with Crippen LogP contribution >= 0.6 is 0 Å². The number of amides is 1. The third-order valence-corrected chi connectivity index (χ3v) is 5.47. The molecule has 2 aliphatic heterocycles. The first-order valence-electron chi connectivity index (χ1n) is 9.21. The Bertz CT molecular complexity index is 969. The van der Waals surface area contributed by atoms with Crippen molar-refractivity contribution in [2.75, 3.05) is 6.54 Å². The van der Waals surface area contributed by atoms with Crippen molar-refractivity contribution in [3.05, 3.63) is 59.2 Å². The Labute approximate surface area is 151 Å². The van der Waals surface area contributed by atoms with Crippen molar-refractivity contribution in [2.45, 2.75) is 31.9 Å². The van der Waals surface area contributed by atoms with E-state index in [1.807, 2.05) is 18.2 Å². The van der Waals surface area contributed by atoms with Gasteiger partial charge < -0.3 is 10.3 Å². The fraction of sp³-hybridized carbons (Fsp3) is 0.286. The number of hydroxylamine groups is 1. The summed E-state index contributed by atoms with van der Waals surface area (Å²) in [5, 5.41) is 4.55. The van der Waals surface area contributed by atoms with E-state index in [1.54, 1.807) is 0 Å². The molecular formula is C21H21N3O2. The highest BCUT2D eigenvalue weighted by Crippen LogP contribution is 2.35. The average Bonchev–Trinajstić information content (AvgIpc) is 2.98. The highest BCUT2D eigenvalue weighted by molar-refractivity contribution is 6.09. The number of aromatic amines is 1. The number of carbonyl (C=O) groups is 1. The summed E-state index contributed by atoms with van der Waals surface area (Å²) in [7, 11) is 0. The Morgan fingerprint density at radius 3 is 2.73 bits per heavy atom. The molecule has 5 heteroatoms. The molecule has 0 unspecified atom stereocenters. The molecular weight excluding hydrogens is 326 g/mol. The molecule has 0 spiro atoms. The Hall–Kier alpha value is -2.63. The van der Waals surface area contributed by atoms with Gasteiger partial charge in [-0.3, -0.25) is 9.63 Å². The lowest BCUT2D eigenvalue weighted by atomic mass is 9.95. The Morgan fingerprint density at radius 2 is 1.92 bits per heavy atom. The summed E-state index contributed by atoms with van der Waals surface area (Å²) in [6.45, 7) is 1.45. The molecule has 132 valence electrons. The van der Waals surface area contributed by atoms with Gasteiger partial charge in [0, 0.05) is 22.5 Å². The molecule has 2 aromatic carbocycles. The van der Waals surface area contributed by atoms with Crippen molar-refractivity contribution in [3.8, 4) is 11.3 Å². The van der Waals surface area contributed by atoms with Crippen LogP contribution in [0.2, 0.25) is 0 Å². The Kier molecular flexibility index (Phi) is 3.76. The second kappa shape index (κ2) is 6.27. The van der Waals surface area contributed by atoms with Crippen molar-refractivity contribution in [2.24, 2.45) is 0 Å². The van der Waals surface area contributed by atoms with E-state index in [9.17, 15) is 4.79 Å². The lowest BCUT2D eigenvalue weighted by Crippen LogP contribution is -2.26. The number of H-pyrrole nitrogens is 1. The molecule has 3 aromatic rings. The number of hydrogen-bond donors (Lipinski definition) is 3. The number of piperidine rings is 1. The van der Waals surface area contributed by atoms with Crippen molar-refractivity contribution < 1.29 is 9.63 Å². The minimum Gasteiger partial charge on any atom is -0.354 e. The molecule has 1 amide bonds. The largest absolute Gasteiger partial charge is 0.354 e. The second-order valence-electron chi connectivity index (χ2n) is 7.05. The van der Waals surface area contributed by atoms with Crippen LogP contribution in [0.5, 0.6) is 0 Å². The standard InChI is InChI=1S/C21H21N3O2/c25-21-15-4-3-6-18-19(15)16(12-26-24-21)20(23-18)14-9-7-13(8-10-14)17-5-1-2-11-22-17/h3-4,6-10,17,22-23H,1-2,5,11-12H2,(H,24,25)/t17-/m1/s1. The van der Waals surface area contributed by atoms with Crippen molar-refractivity contribution in [1.29, 1.82) is 0 Å². The monoisotopic (exact) mass is 347 g/mol. The van der Waals surface area contributed by atoms with Crippen LogP contribution in [-0.2, 0) is 11.4 Å². The van der Waals surface area contributed by atoms with Crippen molar-refractivity contribution in [3.63, 3.8) is 0 Å². The van der Waals surface area contributed by atoms with Gasteiger partial charge in [-0.05, 0) is 42.6 Å². The lowest BCUT2D eigenvalue weighted by Gasteiger charge is -2.24. The number of benzene rings is 2. The van der Waals surface area contributed by atoms with Crippen LogP contribution in [0.4, 0.5) is 0 Å². The van der Waals surface area contributed by atoms with Gasteiger partial charge in [-0.1, -0.05) is 36.8 Å². The molecule has 2 aliphatic rings. The second-order valence-corrected chi connectivity index (χ2v) is 7.05. The van der Waals surface area contributed by atoms with Crippen LogP contribution < -0.4 is 10.8 Å². The predicted octanol–water partition coefficient (Wildman–Crippen LogP) is 3.82. The average molecular weight is 347 g/mol. The molecule has 0 radical (unpaired) electrons. The highest BCUT2D eigenvalue weighted by atomic mass is 16.6. The summed E-state index contributed by atoms with van der Waals surface area (Å²) >= 11 is 0. The number of hydrogen-bond acceptors (Lipinski definition) is 3. The maximum absolute atomic E-state index is 12.2. The zero-order valence-electron chi connectivity index (χ0n) is 14.5. The molecule has 1 saturated heterocycles. The number of aromatic nitrogens is 1. The first-order valence-corrected chi connectivity index (χ1v) is 9.21. The molecule has 1 fully saturated rings. The smallest absolute Gasteiger partial charge is 0.275 e. The zero-order valence-corrected chi connectivity index (χ0v) is 14.5. The topological polar surface area (TPSA) is 66.2 Å². The van der Waals surface area contributed by atoms with Crippen LogP contribution in [0.1, 0.15) is 46.8 Å². The highest BCUT2D eigenvalue weighted by Gasteiger charge is 2.23. The molecule has 5 nitrogen and oxygen atoms in total. The van der Waals surface area contributed by atoms with Gasteiger partial charge in [0.25, 0.3) is 5.91 Å². The van der Waals surface area contributed by atoms with E-state index in [1.165, 1.54) is 24.8 Å². The summed E-state index contributed by atoms with van der Waals surface area (Å²) in [4.78, 5) is 21.1. The minimum atomic E-state index is -0.196. The van der Waals surface area contributed by atoms with Crippen molar-refractivity contribution in [1.82, 2.24) is 15.8 Å². The van der Waals surface area contributed by atoms with E-state index in [0.717, 1.165) is 34.3 Å². The summed E-state index contributed by atoms with van der Waals surface area (Å²) < 4.78 is 0. The minimum absolute atomic E-state index is 0.196. The quantitative estimate of drug-likeness (QED) is 0.660. The van der Waals surface area contributed by atoms with Gasteiger partial charge in [0.2, 0.25) is 0 Å². The Morgan fingerprint density at radius 1 is 1.04 bits per heavy atom. The molecule has 0 aliphatic carbocycles. The first kappa shape index (κ1) is 15.6. The van der Waals surface area contributed by atoms with Gasteiger partial charge in [-0.2, -0.15) is 0 Å². The molecule has 0 saturated carbocycles. The number of rotatable bonds is 2. The van der Waals surface area contributed by atoms with Gasteiger partial charge in [-0.15, -0.1) is 0 Å². The van der Waals surface area contributed by atoms with Gasteiger partial charge in [-0.25, -0.2) is 5.48 Å². The SMILES string of the molecule is O=C1NOCc2c(-c3ccc([C@H]4CCCCN4)cc3)[nH]c3cccc1c23. The molecule has 3 heterocycles. The van der Waals surface area contributed by atoms with Crippen LogP contribution in [0.25, 0.3) is 22.2 Å². The van der Waals surface area contributed by atoms with Crippen LogP contribution in [-0.4, -0.2) is 17.4 Å². The van der Waals surface area contributed by atoms with Crippen LogP contribution in [0.3, 0.4) is 0 Å². The maximum Gasteiger partial charge on any atom is 0.275 e. The van der Waals surface area contributed by atoms with E-state index in [2.05, 4.69) is 40.0 Å². The molecule has 1 atom stereocenters. The molecule has 3 N–H and O–H groups in total. The van der Waals surface area contributed by atoms with E-state index in [-0.39, 0.29) is 5.91 Å². The molecule has 1 aromatic heterocycles. The fourth-order valence-corrected chi connectivity index (χ4v) is 4.14. The first-order chi connectivity index (χ1) is 12.8. The number of nitrogens with one attached hydrogen (secondary N) is 3. The zero-order chi connectivity index (χ0) is 17.5. The summed E-state index contributed by atoms with van der Waals surface area (Å²) in [6.07, 6.45) is 3.75. The van der Waals surface area contributed by atoms with Gasteiger partial charge >= 0.3 is 0 Å². The molecule has 5 rings (SSSR count). The molecule has 26 heavy (non-hydrogen) atoms. The lowest BCUT2D eigenvalue weighted by molar-refractivity contribution is 0.0256. The third-order valence-electron chi connectivity index (χ3n) is 5.47. The number of carbonyl (C=O) groups excluding carboxylic acids is 1. The predicted molar refractivity (Wildman–Crippen MR) is 101 cm³/mol. The van der Waals surface area contributed by atoms with Gasteiger partial charge in [0.1, 0.15) is 6.61 Å². The third kappa shape index (κ3) is 2.52. The van der Waals surface area contributed by atoms with Crippen LogP contribution in [0.15, 0.2) is 42.5 Å². The fourth-order valence-electron chi connectivity index (χ4n) is 4.14. The molecule has 0 bridgehead atoms. The summed E-state index contributed by atoms with van der Waals surface area (Å²) in [6, 6.07) is 14.9. The van der Waals surface area contributed by atoms with Crippen molar-refractivity contribution >= 4 is 16.8 Å². The van der Waals surface area contributed by atoms with E-state index < -0.39 is 0 Å². The summed E-state index contributed by atoms with van der Waals surface area (Å²) in [5.41, 5.74) is 8.62. The van der Waals surface area contributed by atoms with E-state index >= 15 is 0 Å². The normalized spacial score (nSPS) is 20.0. The summed E-state index contributed by atoms with van der Waals surface area (Å²) in [5.74, 6) is -0.196. The Balaban J connectivity index is 1.57. The maximum atomic E-state index is 12.2.